The van der Waals surface area contributed by atoms with Gasteiger partial charge in [-0.3, -0.25) is 0 Å². The van der Waals surface area contributed by atoms with E-state index in [0.717, 1.165) is 61.3 Å². The van der Waals surface area contributed by atoms with Crippen LogP contribution in [-0.4, -0.2) is 46.3 Å². The molecule has 4 rings (SSSR count). The highest BCUT2D eigenvalue weighted by Crippen LogP contribution is 2.29. The third-order valence-electron chi connectivity index (χ3n) is 7.06. The summed E-state index contributed by atoms with van der Waals surface area (Å²) < 4.78 is 7.28. The van der Waals surface area contributed by atoms with Crippen molar-refractivity contribution in [2.45, 2.75) is 65.2 Å². The van der Waals surface area contributed by atoms with Gasteiger partial charge in [-0.05, 0) is 60.6 Å². The second kappa shape index (κ2) is 9.80. The second-order valence-corrected chi connectivity index (χ2v) is 10.6. The molecule has 0 unspecified atom stereocenters. The molecule has 3 heterocycles. The van der Waals surface area contributed by atoms with E-state index in [1.165, 1.54) is 36.0 Å². The molecule has 0 saturated carbocycles. The van der Waals surface area contributed by atoms with Crippen LogP contribution in [0.3, 0.4) is 0 Å². The Morgan fingerprint density at radius 1 is 1.12 bits per heavy atom. The van der Waals surface area contributed by atoms with Crippen LogP contribution in [-0.2, 0) is 23.6 Å². The molecule has 0 amide bonds. The van der Waals surface area contributed by atoms with Gasteiger partial charge in [0.2, 0.25) is 5.95 Å². The van der Waals surface area contributed by atoms with Crippen LogP contribution >= 0.6 is 0 Å². The monoisotopic (exact) mass is 449 g/mol. The third kappa shape index (κ3) is 5.37. The fourth-order valence-corrected chi connectivity index (χ4v) is 4.84. The summed E-state index contributed by atoms with van der Waals surface area (Å²) in [5.74, 6) is 1.61. The van der Waals surface area contributed by atoms with Gasteiger partial charge in [0.15, 0.2) is 5.65 Å². The van der Waals surface area contributed by atoms with E-state index in [9.17, 15) is 0 Å². The molecule has 0 N–H and O–H groups in total. The lowest BCUT2D eigenvalue weighted by molar-refractivity contribution is 0.183. The number of benzene rings is 1. The summed E-state index contributed by atoms with van der Waals surface area (Å²) in [6, 6.07) is 6.85. The first-order valence-corrected chi connectivity index (χ1v) is 12.3. The highest BCUT2D eigenvalue weighted by atomic mass is 16.5. The van der Waals surface area contributed by atoms with E-state index in [-0.39, 0.29) is 5.41 Å². The third-order valence-corrected chi connectivity index (χ3v) is 7.06. The van der Waals surface area contributed by atoms with Crippen molar-refractivity contribution in [2.75, 3.05) is 31.7 Å². The fraction of sp³-hybridized carbons (Fsp3) is 0.593. The van der Waals surface area contributed by atoms with Gasteiger partial charge in [0.1, 0.15) is 5.52 Å². The maximum Gasteiger partial charge on any atom is 0.227 e. The number of rotatable bonds is 7. The average Bonchev–Trinajstić information content (AvgIpc) is 3.16. The lowest BCUT2D eigenvalue weighted by Gasteiger charge is -2.32. The maximum absolute atomic E-state index is 5.22. The summed E-state index contributed by atoms with van der Waals surface area (Å²) in [7, 11) is 3.82. The Kier molecular flexibility index (Phi) is 7.03. The molecule has 3 aromatic rings. The van der Waals surface area contributed by atoms with Gasteiger partial charge >= 0.3 is 0 Å². The number of imidazole rings is 1. The summed E-state index contributed by atoms with van der Waals surface area (Å²) in [6.07, 6.45) is 7.41. The molecule has 6 heteroatoms. The number of anilines is 1. The summed E-state index contributed by atoms with van der Waals surface area (Å²) in [5.41, 5.74) is 7.00. The Labute approximate surface area is 198 Å². The molecule has 1 fully saturated rings. The van der Waals surface area contributed by atoms with Crippen LogP contribution in [0.2, 0.25) is 0 Å². The maximum atomic E-state index is 5.22. The van der Waals surface area contributed by atoms with Crippen molar-refractivity contribution in [3.05, 3.63) is 46.9 Å². The van der Waals surface area contributed by atoms with Crippen molar-refractivity contribution in [2.24, 2.45) is 13.0 Å². The molecule has 0 bridgehead atoms. The quantitative estimate of drug-likeness (QED) is 0.464. The van der Waals surface area contributed by atoms with Crippen LogP contribution in [0.1, 0.15) is 68.8 Å². The SMILES string of the molecule is COCCCC1CCN(c2nc(Cc3cc(C(C)(C)C)ccc3C)c3c(ncn3C)n2)CC1. The molecule has 1 aliphatic rings. The molecular weight excluding hydrogens is 410 g/mol. The smallest absolute Gasteiger partial charge is 0.227 e. The summed E-state index contributed by atoms with van der Waals surface area (Å²) in [6.45, 7) is 11.9. The van der Waals surface area contributed by atoms with Crippen LogP contribution in [0.4, 0.5) is 5.95 Å². The summed E-state index contributed by atoms with van der Waals surface area (Å²) in [5, 5.41) is 0. The zero-order valence-corrected chi connectivity index (χ0v) is 21.2. The summed E-state index contributed by atoms with van der Waals surface area (Å²) >= 11 is 0. The minimum Gasteiger partial charge on any atom is -0.385 e. The van der Waals surface area contributed by atoms with Crippen LogP contribution in [0.5, 0.6) is 0 Å². The van der Waals surface area contributed by atoms with Gasteiger partial charge in [-0.25, -0.2) is 9.97 Å². The largest absolute Gasteiger partial charge is 0.385 e. The van der Waals surface area contributed by atoms with Gasteiger partial charge < -0.3 is 14.2 Å². The Morgan fingerprint density at radius 3 is 2.58 bits per heavy atom. The van der Waals surface area contributed by atoms with Gasteiger partial charge in [-0.15, -0.1) is 0 Å². The first-order chi connectivity index (χ1) is 15.8. The van der Waals surface area contributed by atoms with E-state index in [4.69, 9.17) is 14.7 Å². The molecule has 0 spiro atoms. The first-order valence-electron chi connectivity index (χ1n) is 12.3. The van der Waals surface area contributed by atoms with Crippen LogP contribution in [0, 0.1) is 12.8 Å². The van der Waals surface area contributed by atoms with Crippen molar-refractivity contribution in [3.8, 4) is 0 Å². The number of nitrogens with zero attached hydrogens (tertiary/aromatic N) is 5. The topological polar surface area (TPSA) is 56.1 Å². The number of ether oxygens (including phenoxy) is 1. The van der Waals surface area contributed by atoms with E-state index < -0.39 is 0 Å². The predicted molar refractivity (Wildman–Crippen MR) is 135 cm³/mol. The van der Waals surface area contributed by atoms with Gasteiger partial charge in [0, 0.05) is 40.3 Å². The second-order valence-electron chi connectivity index (χ2n) is 10.6. The van der Waals surface area contributed by atoms with Gasteiger partial charge in [-0.2, -0.15) is 4.98 Å². The number of aromatic nitrogens is 4. The Morgan fingerprint density at radius 2 is 1.88 bits per heavy atom. The van der Waals surface area contributed by atoms with Crippen LogP contribution < -0.4 is 4.90 Å². The Hall–Kier alpha value is -2.47. The number of hydrogen-bond acceptors (Lipinski definition) is 5. The fourth-order valence-electron chi connectivity index (χ4n) is 4.84. The van der Waals surface area contributed by atoms with Crippen LogP contribution in [0.15, 0.2) is 24.5 Å². The average molecular weight is 450 g/mol. The lowest BCUT2D eigenvalue weighted by atomic mass is 9.84. The minimum absolute atomic E-state index is 0.120. The van der Waals surface area contributed by atoms with Gasteiger partial charge in [-0.1, -0.05) is 39.0 Å². The number of aryl methyl sites for hydroxylation is 2. The van der Waals surface area contributed by atoms with Crippen molar-refractivity contribution in [1.29, 1.82) is 0 Å². The molecular formula is C27H39N5O. The Balaban J connectivity index is 1.60. The van der Waals surface area contributed by atoms with E-state index in [0.29, 0.717) is 0 Å². The molecule has 1 aromatic carbocycles. The predicted octanol–water partition coefficient (Wildman–Crippen LogP) is 5.20. The van der Waals surface area contributed by atoms with Gasteiger partial charge in [0.25, 0.3) is 0 Å². The molecule has 0 radical (unpaired) electrons. The van der Waals surface area contributed by atoms with E-state index in [1.54, 1.807) is 7.11 Å². The standard InChI is InChI=1S/C27H39N5O/c1-19-9-10-22(27(2,3)4)16-21(19)17-23-24-25(28-18-31(24)5)30-26(29-23)32-13-11-20(12-14-32)8-7-15-33-6/h9-10,16,18,20H,7-8,11-15,17H2,1-6H3. The Bertz CT molecular complexity index is 1090. The van der Waals surface area contributed by atoms with Crippen molar-refractivity contribution >= 4 is 17.1 Å². The molecule has 0 aliphatic carbocycles. The van der Waals surface area contributed by atoms with Crippen LogP contribution in [0.25, 0.3) is 11.2 Å². The number of piperidine rings is 1. The zero-order chi connectivity index (χ0) is 23.6. The van der Waals surface area contributed by atoms with E-state index >= 15 is 0 Å². The number of methoxy groups -OCH3 is 1. The highest BCUT2D eigenvalue weighted by Gasteiger charge is 2.23. The highest BCUT2D eigenvalue weighted by molar-refractivity contribution is 5.75. The molecule has 0 atom stereocenters. The summed E-state index contributed by atoms with van der Waals surface area (Å²) in [4.78, 5) is 16.9. The molecule has 33 heavy (non-hydrogen) atoms. The normalized spacial score (nSPS) is 15.5. The molecule has 178 valence electrons. The van der Waals surface area contributed by atoms with Gasteiger partial charge in [0.05, 0.1) is 12.0 Å². The van der Waals surface area contributed by atoms with Crippen molar-refractivity contribution < 1.29 is 4.74 Å². The first kappa shape index (κ1) is 23.7. The molecule has 2 aromatic heterocycles. The molecule has 6 nitrogen and oxygen atoms in total. The number of fused-ring (bicyclic) bond motifs is 1. The van der Waals surface area contributed by atoms with Crippen molar-refractivity contribution in [1.82, 2.24) is 19.5 Å². The lowest BCUT2D eigenvalue weighted by Crippen LogP contribution is -2.35. The van der Waals surface area contributed by atoms with E-state index in [2.05, 4.69) is 60.3 Å². The molecule has 1 aliphatic heterocycles. The molecule has 1 saturated heterocycles. The van der Waals surface area contributed by atoms with Crippen molar-refractivity contribution in [3.63, 3.8) is 0 Å². The number of hydrogen-bond donors (Lipinski definition) is 0. The minimum atomic E-state index is 0.120. The zero-order valence-electron chi connectivity index (χ0n) is 21.2. The van der Waals surface area contributed by atoms with E-state index in [1.807, 2.05) is 13.4 Å².